The third-order valence-corrected chi connectivity index (χ3v) is 5.46. The van der Waals surface area contributed by atoms with E-state index in [1.807, 2.05) is 50.2 Å². The lowest BCUT2D eigenvalue weighted by molar-refractivity contribution is -0.119. The van der Waals surface area contributed by atoms with Gasteiger partial charge in [-0.2, -0.15) is 4.68 Å². The van der Waals surface area contributed by atoms with Crippen LogP contribution in [-0.4, -0.2) is 31.9 Å². The highest BCUT2D eigenvalue weighted by molar-refractivity contribution is 7.99. The Kier molecular flexibility index (Phi) is 6.81. The minimum Gasteiger partial charge on any atom is -0.349 e. The summed E-state index contributed by atoms with van der Waals surface area (Å²) in [5.74, 6) is 0.238. The van der Waals surface area contributed by atoms with Gasteiger partial charge >= 0.3 is 0 Å². The second-order valence-electron chi connectivity index (χ2n) is 6.72. The van der Waals surface area contributed by atoms with Gasteiger partial charge in [0, 0.05) is 0 Å². The van der Waals surface area contributed by atoms with Gasteiger partial charge in [0.1, 0.15) is 0 Å². The lowest BCUT2D eigenvalue weighted by Crippen LogP contribution is -2.30. The maximum Gasteiger partial charge on any atom is 0.230 e. The molecule has 2 aromatic carbocycles. The number of benzene rings is 2. The standard InChI is InChI=1S/C21H25N5OS/c1-4-9-18(17-12-6-5-7-13-17)22-19(27)14-28-21-23-24-25-26(21)20-15(2)10-8-11-16(20)3/h5-8,10-13,18H,4,9,14H2,1-3H3,(H,22,27). The number of aromatic nitrogens is 4. The number of amides is 1. The minimum absolute atomic E-state index is 0.0221. The normalized spacial score (nSPS) is 12.0. The number of nitrogens with one attached hydrogen (secondary N) is 1. The number of nitrogens with zero attached hydrogens (tertiary/aromatic N) is 4. The molecular formula is C21H25N5OS. The third kappa shape index (κ3) is 4.78. The molecular weight excluding hydrogens is 370 g/mol. The molecule has 0 aliphatic carbocycles. The molecule has 3 aromatic rings. The highest BCUT2D eigenvalue weighted by atomic mass is 32.2. The van der Waals surface area contributed by atoms with Crippen LogP contribution in [0.5, 0.6) is 0 Å². The van der Waals surface area contributed by atoms with Crippen molar-refractivity contribution in [2.24, 2.45) is 0 Å². The highest BCUT2D eigenvalue weighted by Gasteiger charge is 2.17. The second-order valence-corrected chi connectivity index (χ2v) is 7.66. The van der Waals surface area contributed by atoms with Gasteiger partial charge in [-0.25, -0.2) is 0 Å². The van der Waals surface area contributed by atoms with Crippen LogP contribution in [0.2, 0.25) is 0 Å². The molecule has 0 aliphatic heterocycles. The fourth-order valence-corrected chi connectivity index (χ4v) is 3.90. The number of carbonyl (C=O) groups excluding carboxylic acids is 1. The molecule has 0 saturated heterocycles. The summed E-state index contributed by atoms with van der Waals surface area (Å²) >= 11 is 1.34. The van der Waals surface area contributed by atoms with Gasteiger partial charge in [0.25, 0.3) is 0 Å². The zero-order valence-electron chi connectivity index (χ0n) is 16.4. The Balaban J connectivity index is 1.68. The fraction of sp³-hybridized carbons (Fsp3) is 0.333. The van der Waals surface area contributed by atoms with E-state index >= 15 is 0 Å². The molecule has 1 heterocycles. The largest absolute Gasteiger partial charge is 0.349 e. The summed E-state index contributed by atoms with van der Waals surface area (Å²) in [6.07, 6.45) is 1.90. The molecule has 0 fully saturated rings. The van der Waals surface area contributed by atoms with Crippen LogP contribution in [-0.2, 0) is 4.79 Å². The van der Waals surface area contributed by atoms with Crippen molar-refractivity contribution < 1.29 is 4.79 Å². The van der Waals surface area contributed by atoms with Gasteiger partial charge in [-0.15, -0.1) is 5.10 Å². The van der Waals surface area contributed by atoms with Crippen LogP contribution in [0.3, 0.4) is 0 Å². The van der Waals surface area contributed by atoms with Crippen molar-refractivity contribution >= 4 is 17.7 Å². The topological polar surface area (TPSA) is 72.7 Å². The monoisotopic (exact) mass is 395 g/mol. The number of thioether (sulfide) groups is 1. The predicted octanol–water partition coefficient (Wildman–Crippen LogP) is 4.03. The molecule has 1 unspecified atom stereocenters. The van der Waals surface area contributed by atoms with E-state index in [2.05, 4.69) is 39.9 Å². The number of carbonyl (C=O) groups is 1. The molecule has 3 rings (SSSR count). The molecule has 0 aliphatic rings. The first kappa shape index (κ1) is 20.1. The van der Waals surface area contributed by atoms with E-state index in [1.54, 1.807) is 4.68 Å². The number of aryl methyl sites for hydroxylation is 2. The summed E-state index contributed by atoms with van der Waals surface area (Å²) in [6, 6.07) is 16.2. The SMILES string of the molecule is CCCC(NC(=O)CSc1nnnn1-c1c(C)cccc1C)c1ccccc1. The first-order chi connectivity index (χ1) is 13.6. The lowest BCUT2D eigenvalue weighted by Gasteiger charge is -2.18. The van der Waals surface area contributed by atoms with Crippen LogP contribution in [0.15, 0.2) is 53.7 Å². The minimum atomic E-state index is -0.0247. The van der Waals surface area contributed by atoms with Crippen molar-refractivity contribution in [1.29, 1.82) is 0 Å². The number of hydrogen-bond acceptors (Lipinski definition) is 5. The van der Waals surface area contributed by atoms with Crippen LogP contribution in [0.25, 0.3) is 5.69 Å². The molecule has 1 aromatic heterocycles. The van der Waals surface area contributed by atoms with Gasteiger partial charge in [0.05, 0.1) is 17.5 Å². The van der Waals surface area contributed by atoms with Gasteiger partial charge in [-0.1, -0.05) is 73.6 Å². The number of hydrogen-bond donors (Lipinski definition) is 1. The van der Waals surface area contributed by atoms with Crippen LogP contribution in [0.4, 0.5) is 0 Å². The molecule has 6 nitrogen and oxygen atoms in total. The van der Waals surface area contributed by atoms with Crippen molar-refractivity contribution in [3.8, 4) is 5.69 Å². The van der Waals surface area contributed by atoms with E-state index in [0.29, 0.717) is 5.16 Å². The highest BCUT2D eigenvalue weighted by Crippen LogP contribution is 2.24. The first-order valence-electron chi connectivity index (χ1n) is 9.42. The van der Waals surface area contributed by atoms with E-state index in [0.717, 1.165) is 35.2 Å². The van der Waals surface area contributed by atoms with Gasteiger partial charge in [-0.05, 0) is 47.4 Å². The number of rotatable bonds is 8. The molecule has 146 valence electrons. The Labute approximate surface area is 169 Å². The van der Waals surface area contributed by atoms with Crippen LogP contribution < -0.4 is 5.32 Å². The Hall–Kier alpha value is -2.67. The van der Waals surface area contributed by atoms with Gasteiger partial charge < -0.3 is 5.32 Å². The summed E-state index contributed by atoms with van der Waals surface area (Å²) in [5, 5.41) is 15.8. The lowest BCUT2D eigenvalue weighted by atomic mass is 10.0. The molecule has 0 saturated carbocycles. The predicted molar refractivity (Wildman–Crippen MR) is 112 cm³/mol. The van der Waals surface area contributed by atoms with Crippen molar-refractivity contribution in [3.05, 3.63) is 65.2 Å². The van der Waals surface area contributed by atoms with Crippen LogP contribution >= 0.6 is 11.8 Å². The van der Waals surface area contributed by atoms with Crippen LogP contribution in [0, 0.1) is 13.8 Å². The van der Waals surface area contributed by atoms with Crippen molar-refractivity contribution in [2.45, 2.75) is 44.8 Å². The first-order valence-corrected chi connectivity index (χ1v) is 10.4. The van der Waals surface area contributed by atoms with E-state index in [1.165, 1.54) is 11.8 Å². The maximum absolute atomic E-state index is 12.6. The molecule has 0 spiro atoms. The van der Waals surface area contributed by atoms with Gasteiger partial charge in [0.2, 0.25) is 11.1 Å². The summed E-state index contributed by atoms with van der Waals surface area (Å²) in [5.41, 5.74) is 4.27. The third-order valence-electron chi connectivity index (χ3n) is 4.54. The zero-order chi connectivity index (χ0) is 19.9. The van der Waals surface area contributed by atoms with Crippen molar-refractivity contribution in [1.82, 2.24) is 25.5 Å². The molecule has 0 bridgehead atoms. The van der Waals surface area contributed by atoms with E-state index in [-0.39, 0.29) is 17.7 Å². The Morgan fingerprint density at radius 3 is 2.50 bits per heavy atom. The maximum atomic E-state index is 12.6. The van der Waals surface area contributed by atoms with Crippen molar-refractivity contribution in [2.75, 3.05) is 5.75 Å². The molecule has 7 heteroatoms. The number of tetrazole rings is 1. The van der Waals surface area contributed by atoms with Crippen molar-refractivity contribution in [3.63, 3.8) is 0 Å². The quantitative estimate of drug-likeness (QED) is 0.583. The summed E-state index contributed by atoms with van der Waals surface area (Å²) < 4.78 is 1.71. The second kappa shape index (κ2) is 9.50. The molecule has 0 radical (unpaired) electrons. The van der Waals surface area contributed by atoms with Crippen LogP contribution in [0.1, 0.15) is 42.5 Å². The average molecular weight is 396 g/mol. The van der Waals surface area contributed by atoms with E-state index in [9.17, 15) is 4.79 Å². The van der Waals surface area contributed by atoms with Gasteiger partial charge in [-0.3, -0.25) is 4.79 Å². The van der Waals surface area contributed by atoms with E-state index in [4.69, 9.17) is 0 Å². The zero-order valence-corrected chi connectivity index (χ0v) is 17.2. The smallest absolute Gasteiger partial charge is 0.230 e. The summed E-state index contributed by atoms with van der Waals surface area (Å²) in [4.78, 5) is 12.6. The average Bonchev–Trinajstić information content (AvgIpc) is 3.15. The number of para-hydroxylation sites is 1. The fourth-order valence-electron chi connectivity index (χ4n) is 3.21. The summed E-state index contributed by atoms with van der Waals surface area (Å²) in [7, 11) is 0. The Morgan fingerprint density at radius 1 is 1.11 bits per heavy atom. The Bertz CT molecular complexity index is 905. The molecule has 28 heavy (non-hydrogen) atoms. The summed E-state index contributed by atoms with van der Waals surface area (Å²) in [6.45, 7) is 6.18. The van der Waals surface area contributed by atoms with E-state index < -0.39 is 0 Å². The molecule has 1 atom stereocenters. The molecule has 1 amide bonds. The Morgan fingerprint density at radius 2 is 1.82 bits per heavy atom. The molecule has 1 N–H and O–H groups in total. The van der Waals surface area contributed by atoms with Gasteiger partial charge in [0.15, 0.2) is 0 Å².